The van der Waals surface area contributed by atoms with Crippen molar-refractivity contribution in [2.45, 2.75) is 18.8 Å². The van der Waals surface area contributed by atoms with Crippen molar-refractivity contribution >= 4 is 23.2 Å². The van der Waals surface area contributed by atoms with Crippen LogP contribution in [0.4, 0.5) is 5.95 Å². The third-order valence-electron chi connectivity index (χ3n) is 4.23. The summed E-state index contributed by atoms with van der Waals surface area (Å²) >= 11 is 1.35. The van der Waals surface area contributed by atoms with E-state index in [2.05, 4.69) is 35.7 Å². The van der Waals surface area contributed by atoms with Gasteiger partial charge in [0.25, 0.3) is 5.91 Å². The van der Waals surface area contributed by atoms with Gasteiger partial charge in [-0.1, -0.05) is 0 Å². The predicted molar refractivity (Wildman–Crippen MR) is 96.9 cm³/mol. The highest BCUT2D eigenvalue weighted by molar-refractivity contribution is 7.13. The predicted octanol–water partition coefficient (Wildman–Crippen LogP) is 1.45. The van der Waals surface area contributed by atoms with Crippen molar-refractivity contribution in [2.75, 3.05) is 18.4 Å². The highest BCUT2D eigenvalue weighted by atomic mass is 32.1. The van der Waals surface area contributed by atoms with Gasteiger partial charge in [0.2, 0.25) is 5.95 Å². The van der Waals surface area contributed by atoms with Crippen LogP contribution in [0.5, 0.6) is 0 Å². The molecule has 0 atom stereocenters. The number of aromatic nitrogens is 6. The Kier molecular flexibility index (Phi) is 4.67. The summed E-state index contributed by atoms with van der Waals surface area (Å²) in [5.41, 5.74) is 0.963. The standard InChI is InChI=1S/C16H18N8OS/c1-24-16(21-13(23-24)10-2-4-17-5-3-10)22-14(25)12-9-26-15(20-12)11-8-18-6-7-19-11/h6-10,17H,2-5H2,1H3,(H,21,22,23,25). The molecule has 3 aromatic rings. The van der Waals surface area contributed by atoms with E-state index < -0.39 is 0 Å². The maximum absolute atomic E-state index is 12.5. The first kappa shape index (κ1) is 16.7. The number of hydrogen-bond acceptors (Lipinski definition) is 8. The summed E-state index contributed by atoms with van der Waals surface area (Å²) in [7, 11) is 1.78. The third kappa shape index (κ3) is 3.46. The van der Waals surface area contributed by atoms with Crippen molar-refractivity contribution in [1.29, 1.82) is 0 Å². The minimum Gasteiger partial charge on any atom is -0.317 e. The number of nitrogens with zero attached hydrogens (tertiary/aromatic N) is 6. The van der Waals surface area contributed by atoms with Gasteiger partial charge in [0.1, 0.15) is 16.4 Å². The Morgan fingerprint density at radius 2 is 2.15 bits per heavy atom. The van der Waals surface area contributed by atoms with E-state index in [1.54, 1.807) is 35.7 Å². The van der Waals surface area contributed by atoms with Gasteiger partial charge in [0.05, 0.1) is 6.20 Å². The molecular formula is C16H18N8OS. The van der Waals surface area contributed by atoms with E-state index in [4.69, 9.17) is 0 Å². The summed E-state index contributed by atoms with van der Waals surface area (Å²) < 4.78 is 1.60. The lowest BCUT2D eigenvalue weighted by Gasteiger charge is -2.19. The number of thiazole rings is 1. The van der Waals surface area contributed by atoms with E-state index in [0.717, 1.165) is 31.8 Å². The van der Waals surface area contributed by atoms with Crippen LogP contribution >= 0.6 is 11.3 Å². The van der Waals surface area contributed by atoms with Crippen molar-refractivity contribution < 1.29 is 4.79 Å². The summed E-state index contributed by atoms with van der Waals surface area (Å²) in [5.74, 6) is 1.22. The molecule has 0 unspecified atom stereocenters. The number of aryl methyl sites for hydroxylation is 1. The topological polar surface area (TPSA) is 111 Å². The zero-order valence-corrected chi connectivity index (χ0v) is 15.0. The highest BCUT2D eigenvalue weighted by Crippen LogP contribution is 2.24. The fourth-order valence-electron chi connectivity index (χ4n) is 2.84. The zero-order valence-electron chi connectivity index (χ0n) is 14.2. The molecule has 0 saturated carbocycles. The number of carbonyl (C=O) groups is 1. The fourth-order valence-corrected chi connectivity index (χ4v) is 3.60. The number of hydrogen-bond donors (Lipinski definition) is 2. The molecule has 1 fully saturated rings. The van der Waals surface area contributed by atoms with E-state index in [1.807, 2.05) is 0 Å². The van der Waals surface area contributed by atoms with Crippen LogP contribution in [-0.4, -0.2) is 48.7 Å². The Morgan fingerprint density at radius 1 is 1.31 bits per heavy atom. The Balaban J connectivity index is 1.48. The third-order valence-corrected chi connectivity index (χ3v) is 5.09. The summed E-state index contributed by atoms with van der Waals surface area (Å²) in [6.45, 7) is 1.93. The van der Waals surface area contributed by atoms with Crippen LogP contribution in [0.2, 0.25) is 0 Å². The summed E-state index contributed by atoms with van der Waals surface area (Å²) in [6.07, 6.45) is 6.82. The number of carbonyl (C=O) groups excluding carboxylic acids is 1. The van der Waals surface area contributed by atoms with Gasteiger partial charge in [-0.3, -0.25) is 20.1 Å². The second-order valence-electron chi connectivity index (χ2n) is 6.02. The maximum atomic E-state index is 12.5. The second-order valence-corrected chi connectivity index (χ2v) is 6.88. The number of nitrogens with one attached hydrogen (secondary N) is 2. The minimum atomic E-state index is -0.316. The first-order chi connectivity index (χ1) is 12.7. The van der Waals surface area contributed by atoms with Gasteiger partial charge in [-0.25, -0.2) is 9.67 Å². The Hall–Kier alpha value is -2.72. The van der Waals surface area contributed by atoms with Crippen LogP contribution in [0.25, 0.3) is 10.7 Å². The Morgan fingerprint density at radius 3 is 2.92 bits per heavy atom. The Bertz CT molecular complexity index is 900. The average molecular weight is 370 g/mol. The van der Waals surface area contributed by atoms with Crippen molar-refractivity contribution in [2.24, 2.45) is 7.05 Å². The van der Waals surface area contributed by atoms with Crippen molar-refractivity contribution in [3.05, 3.63) is 35.5 Å². The molecule has 0 aliphatic carbocycles. The van der Waals surface area contributed by atoms with E-state index in [0.29, 0.717) is 28.3 Å². The van der Waals surface area contributed by atoms with Gasteiger partial charge in [-0.15, -0.1) is 11.3 Å². The van der Waals surface area contributed by atoms with Gasteiger partial charge >= 0.3 is 0 Å². The molecule has 9 nitrogen and oxygen atoms in total. The summed E-state index contributed by atoms with van der Waals surface area (Å²) in [6, 6.07) is 0. The molecule has 0 radical (unpaired) electrons. The van der Waals surface area contributed by atoms with Crippen LogP contribution < -0.4 is 10.6 Å². The van der Waals surface area contributed by atoms with E-state index in [-0.39, 0.29) is 5.91 Å². The largest absolute Gasteiger partial charge is 0.317 e. The van der Waals surface area contributed by atoms with Gasteiger partial charge in [-0.2, -0.15) is 10.1 Å². The molecule has 1 amide bonds. The fraction of sp³-hybridized carbons (Fsp3) is 0.375. The van der Waals surface area contributed by atoms with Crippen LogP contribution in [-0.2, 0) is 7.05 Å². The van der Waals surface area contributed by atoms with E-state index in [9.17, 15) is 4.79 Å². The molecule has 26 heavy (non-hydrogen) atoms. The van der Waals surface area contributed by atoms with Crippen molar-refractivity contribution in [1.82, 2.24) is 35.0 Å². The summed E-state index contributed by atoms with van der Waals surface area (Å²) in [5, 5.41) is 12.9. The van der Waals surface area contributed by atoms with E-state index >= 15 is 0 Å². The molecular weight excluding hydrogens is 352 g/mol. The molecule has 3 aromatic heterocycles. The van der Waals surface area contributed by atoms with Crippen molar-refractivity contribution in [3.63, 3.8) is 0 Å². The van der Waals surface area contributed by atoms with Crippen LogP contribution in [0.15, 0.2) is 24.0 Å². The molecule has 0 spiro atoms. The first-order valence-electron chi connectivity index (χ1n) is 8.35. The van der Waals surface area contributed by atoms with Gasteiger partial charge < -0.3 is 5.32 Å². The normalized spacial score (nSPS) is 15.1. The molecule has 134 valence electrons. The van der Waals surface area contributed by atoms with Gasteiger partial charge in [-0.05, 0) is 25.9 Å². The van der Waals surface area contributed by atoms with Crippen molar-refractivity contribution in [3.8, 4) is 10.7 Å². The smallest absolute Gasteiger partial charge is 0.277 e. The Labute approximate surface area is 153 Å². The SMILES string of the molecule is Cn1nc(C2CCNCC2)nc1NC(=O)c1csc(-c2cnccn2)n1. The number of piperidine rings is 1. The quantitative estimate of drug-likeness (QED) is 0.715. The molecule has 2 N–H and O–H groups in total. The molecule has 10 heteroatoms. The number of rotatable bonds is 4. The first-order valence-corrected chi connectivity index (χ1v) is 9.23. The van der Waals surface area contributed by atoms with E-state index in [1.165, 1.54) is 11.3 Å². The monoisotopic (exact) mass is 370 g/mol. The molecule has 0 aromatic carbocycles. The molecule has 1 aliphatic heterocycles. The lowest BCUT2D eigenvalue weighted by Crippen LogP contribution is -2.27. The number of anilines is 1. The van der Waals surface area contributed by atoms with Gasteiger partial charge in [0.15, 0.2) is 5.82 Å². The highest BCUT2D eigenvalue weighted by Gasteiger charge is 2.22. The molecule has 0 bridgehead atoms. The van der Waals surface area contributed by atoms with Crippen LogP contribution in [0.1, 0.15) is 35.1 Å². The van der Waals surface area contributed by atoms with Crippen LogP contribution in [0, 0.1) is 0 Å². The molecule has 1 saturated heterocycles. The minimum absolute atomic E-state index is 0.316. The molecule has 4 rings (SSSR count). The summed E-state index contributed by atoms with van der Waals surface area (Å²) in [4.78, 5) is 29.6. The van der Waals surface area contributed by atoms with Gasteiger partial charge in [0, 0.05) is 30.7 Å². The lowest BCUT2D eigenvalue weighted by molar-refractivity contribution is 0.102. The molecule has 1 aliphatic rings. The van der Waals surface area contributed by atoms with Crippen LogP contribution in [0.3, 0.4) is 0 Å². The zero-order chi connectivity index (χ0) is 17.9. The second kappa shape index (κ2) is 7.26. The maximum Gasteiger partial charge on any atom is 0.277 e. The lowest BCUT2D eigenvalue weighted by atomic mass is 9.98. The molecule has 4 heterocycles. The average Bonchev–Trinajstić information content (AvgIpc) is 3.31. The number of amides is 1.